The molecular weight excluding hydrogens is 250 g/mol. The maximum Gasteiger partial charge on any atom is 0.270 e. The van der Waals surface area contributed by atoms with Crippen LogP contribution in [0.5, 0.6) is 0 Å². The molecule has 2 heterocycles. The maximum atomic E-state index is 11.9. The Bertz CT molecular complexity index is 560. The van der Waals surface area contributed by atoms with Gasteiger partial charge in [0.1, 0.15) is 17.1 Å². The van der Waals surface area contributed by atoms with E-state index < -0.39 is 11.5 Å². The van der Waals surface area contributed by atoms with Gasteiger partial charge < -0.3 is 20.1 Å². The Morgan fingerprint density at radius 2 is 2.32 bits per heavy atom. The molecule has 0 radical (unpaired) electrons. The number of nitrogens with zero attached hydrogens (tertiary/aromatic N) is 1. The van der Waals surface area contributed by atoms with Crippen molar-refractivity contribution in [3.8, 4) is 0 Å². The molecule has 102 valence electrons. The summed E-state index contributed by atoms with van der Waals surface area (Å²) in [5, 5.41) is 12.4. The van der Waals surface area contributed by atoms with Crippen LogP contribution in [0.25, 0.3) is 0 Å². The summed E-state index contributed by atoms with van der Waals surface area (Å²) in [6, 6.07) is 1.17. The largest absolute Gasteiger partial charge is 0.383 e. The molecule has 1 amide bonds. The van der Waals surface area contributed by atoms with E-state index in [2.05, 4.69) is 15.3 Å². The fourth-order valence-corrected chi connectivity index (χ4v) is 1.92. The highest BCUT2D eigenvalue weighted by molar-refractivity contribution is 5.92. The molecule has 1 aliphatic heterocycles. The molecule has 7 nitrogen and oxygen atoms in total. The topological polar surface area (TPSA) is 104 Å². The molecule has 0 aromatic carbocycles. The van der Waals surface area contributed by atoms with Crippen LogP contribution in [-0.2, 0) is 4.74 Å². The van der Waals surface area contributed by atoms with Crippen LogP contribution in [0.15, 0.2) is 10.9 Å². The smallest absolute Gasteiger partial charge is 0.270 e. The number of ether oxygens (including phenoxy) is 1. The quantitative estimate of drug-likeness (QED) is 0.657. The molecule has 0 spiro atoms. The summed E-state index contributed by atoms with van der Waals surface area (Å²) < 4.78 is 4.88. The van der Waals surface area contributed by atoms with Crippen LogP contribution < -0.4 is 10.9 Å². The number of rotatable bonds is 4. The minimum absolute atomic E-state index is 0.0921. The Morgan fingerprint density at radius 1 is 1.58 bits per heavy atom. The van der Waals surface area contributed by atoms with E-state index >= 15 is 0 Å². The van der Waals surface area contributed by atoms with Gasteiger partial charge in [0, 0.05) is 12.0 Å². The first-order valence-corrected chi connectivity index (χ1v) is 6.25. The van der Waals surface area contributed by atoms with E-state index in [1.807, 2.05) is 0 Å². The van der Waals surface area contributed by atoms with Crippen LogP contribution in [0.1, 0.15) is 35.1 Å². The van der Waals surface area contributed by atoms with Gasteiger partial charge in [0.05, 0.1) is 19.8 Å². The molecule has 19 heavy (non-hydrogen) atoms. The molecule has 0 atom stereocenters. The number of hydrogen-bond donors (Lipinski definition) is 3. The van der Waals surface area contributed by atoms with Gasteiger partial charge in [0.2, 0.25) is 0 Å². The maximum absolute atomic E-state index is 11.9. The number of aliphatic hydroxyl groups is 1. The fourth-order valence-electron chi connectivity index (χ4n) is 1.92. The predicted octanol–water partition coefficient (Wildman–Crippen LogP) is -0.862. The summed E-state index contributed by atoms with van der Waals surface area (Å²) in [4.78, 5) is 30.2. The monoisotopic (exact) mass is 265 g/mol. The van der Waals surface area contributed by atoms with Gasteiger partial charge in [0.25, 0.3) is 11.5 Å². The minimum atomic E-state index is -0.990. The number of aromatic nitrogens is 2. The first kappa shape index (κ1) is 12.3. The highest BCUT2D eigenvalue weighted by Gasteiger charge is 2.36. The first-order chi connectivity index (χ1) is 9.06. The van der Waals surface area contributed by atoms with E-state index in [9.17, 15) is 14.7 Å². The fraction of sp³-hybridized carbons (Fsp3) is 0.583. The number of carbonyl (C=O) groups excluding carboxylic acids is 1. The van der Waals surface area contributed by atoms with Crippen LogP contribution in [0, 0.1) is 0 Å². The average Bonchev–Trinajstić information content (AvgIpc) is 3.17. The van der Waals surface area contributed by atoms with Crippen LogP contribution >= 0.6 is 0 Å². The number of amides is 1. The van der Waals surface area contributed by atoms with Crippen molar-refractivity contribution in [1.29, 1.82) is 0 Å². The molecule has 0 unspecified atom stereocenters. The molecule has 2 fully saturated rings. The standard InChI is InChI=1S/C12H15N3O4/c16-9-3-8(14-10(15-9)7-1-2-7)11(17)13-4-12(18)5-19-6-12/h3,7,18H,1-2,4-6H2,(H,13,17)(H,14,15,16). The van der Waals surface area contributed by atoms with Gasteiger partial charge in [-0.1, -0.05) is 0 Å². The van der Waals surface area contributed by atoms with Gasteiger partial charge in [-0.25, -0.2) is 4.98 Å². The molecule has 1 aromatic heterocycles. The Labute approximate surface area is 109 Å². The third-order valence-electron chi connectivity index (χ3n) is 3.28. The zero-order valence-electron chi connectivity index (χ0n) is 10.3. The summed E-state index contributed by atoms with van der Waals surface area (Å²) in [6.07, 6.45) is 1.98. The number of H-pyrrole nitrogens is 1. The van der Waals surface area contributed by atoms with Gasteiger partial charge in [-0.3, -0.25) is 9.59 Å². The number of carbonyl (C=O) groups is 1. The summed E-state index contributed by atoms with van der Waals surface area (Å²) in [6.45, 7) is 0.520. The van der Waals surface area contributed by atoms with Crippen molar-refractivity contribution in [3.05, 3.63) is 27.9 Å². The molecular formula is C12H15N3O4. The summed E-state index contributed by atoms with van der Waals surface area (Å²) in [7, 11) is 0. The van der Waals surface area contributed by atoms with Crippen molar-refractivity contribution in [2.75, 3.05) is 19.8 Å². The van der Waals surface area contributed by atoms with E-state index in [4.69, 9.17) is 4.74 Å². The molecule has 7 heteroatoms. The van der Waals surface area contributed by atoms with Crippen LogP contribution in [0.3, 0.4) is 0 Å². The van der Waals surface area contributed by atoms with Crippen molar-refractivity contribution < 1.29 is 14.6 Å². The van der Waals surface area contributed by atoms with Crippen molar-refractivity contribution in [3.63, 3.8) is 0 Å². The number of nitrogens with one attached hydrogen (secondary N) is 2. The van der Waals surface area contributed by atoms with Crippen molar-refractivity contribution in [2.45, 2.75) is 24.4 Å². The Kier molecular flexibility index (Phi) is 2.87. The zero-order valence-corrected chi connectivity index (χ0v) is 10.3. The molecule has 1 saturated carbocycles. The summed E-state index contributed by atoms with van der Waals surface area (Å²) in [5.74, 6) is 0.390. The molecule has 1 aliphatic carbocycles. The molecule has 1 saturated heterocycles. The molecule has 2 aliphatic rings. The van der Waals surface area contributed by atoms with Crippen LogP contribution in [0.4, 0.5) is 0 Å². The molecule has 3 N–H and O–H groups in total. The van der Waals surface area contributed by atoms with E-state index in [1.165, 1.54) is 6.07 Å². The Balaban J connectivity index is 1.70. The van der Waals surface area contributed by atoms with Crippen LogP contribution in [0.2, 0.25) is 0 Å². The first-order valence-electron chi connectivity index (χ1n) is 6.25. The van der Waals surface area contributed by atoms with Gasteiger partial charge in [0.15, 0.2) is 0 Å². The SMILES string of the molecule is O=C(NCC1(O)COC1)c1cc(=O)[nH]c(C2CC2)n1. The Morgan fingerprint density at radius 3 is 2.89 bits per heavy atom. The zero-order chi connectivity index (χ0) is 13.5. The lowest BCUT2D eigenvalue weighted by molar-refractivity contribution is -0.173. The lowest BCUT2D eigenvalue weighted by atomic mass is 10.0. The van der Waals surface area contributed by atoms with Gasteiger partial charge in [-0.15, -0.1) is 0 Å². The van der Waals surface area contributed by atoms with Gasteiger partial charge in [-0.2, -0.15) is 0 Å². The second-order valence-electron chi connectivity index (χ2n) is 5.19. The van der Waals surface area contributed by atoms with Crippen molar-refractivity contribution in [1.82, 2.24) is 15.3 Å². The van der Waals surface area contributed by atoms with E-state index in [0.29, 0.717) is 5.82 Å². The van der Waals surface area contributed by atoms with Gasteiger partial charge in [-0.05, 0) is 12.8 Å². The number of hydrogen-bond acceptors (Lipinski definition) is 5. The second kappa shape index (κ2) is 4.43. The number of aromatic amines is 1. The van der Waals surface area contributed by atoms with Crippen molar-refractivity contribution >= 4 is 5.91 Å². The van der Waals surface area contributed by atoms with E-state index in [1.54, 1.807) is 0 Å². The third-order valence-corrected chi connectivity index (χ3v) is 3.28. The third kappa shape index (κ3) is 2.66. The summed E-state index contributed by atoms with van der Waals surface area (Å²) >= 11 is 0. The minimum Gasteiger partial charge on any atom is -0.383 e. The van der Waals surface area contributed by atoms with E-state index in [-0.39, 0.29) is 36.9 Å². The predicted molar refractivity (Wildman–Crippen MR) is 64.9 cm³/mol. The normalized spacial score (nSPS) is 20.7. The van der Waals surface area contributed by atoms with Gasteiger partial charge >= 0.3 is 0 Å². The lowest BCUT2D eigenvalue weighted by Crippen LogP contribution is -2.57. The molecule has 1 aromatic rings. The molecule has 0 bridgehead atoms. The molecule has 3 rings (SSSR count). The second-order valence-corrected chi connectivity index (χ2v) is 5.19. The lowest BCUT2D eigenvalue weighted by Gasteiger charge is -2.36. The average molecular weight is 265 g/mol. The summed E-state index contributed by atoms with van der Waals surface area (Å²) in [5.41, 5.74) is -1.22. The highest BCUT2D eigenvalue weighted by atomic mass is 16.5. The highest BCUT2D eigenvalue weighted by Crippen LogP contribution is 2.37. The van der Waals surface area contributed by atoms with Crippen molar-refractivity contribution in [2.24, 2.45) is 0 Å². The Hall–Kier alpha value is -1.73. The van der Waals surface area contributed by atoms with E-state index in [0.717, 1.165) is 12.8 Å². The van der Waals surface area contributed by atoms with Crippen LogP contribution in [-0.4, -0.2) is 46.3 Å².